The quantitative estimate of drug-likeness (QED) is 0.438. The van der Waals surface area contributed by atoms with Gasteiger partial charge in [0.25, 0.3) is 10.0 Å². The third-order valence-corrected chi connectivity index (χ3v) is 7.37. The molecule has 34 heavy (non-hydrogen) atoms. The molecule has 0 bridgehead atoms. The Hall–Kier alpha value is -2.58. The maximum absolute atomic E-state index is 12.6. The van der Waals surface area contributed by atoms with Gasteiger partial charge < -0.3 is 15.2 Å². The zero-order valence-corrected chi connectivity index (χ0v) is 21.1. The Balaban J connectivity index is 0.00000324. The minimum absolute atomic E-state index is 0. The molecule has 4 rings (SSSR count). The molecule has 0 radical (unpaired) electrons. The first-order chi connectivity index (χ1) is 15.7. The van der Waals surface area contributed by atoms with E-state index in [1.165, 1.54) is 0 Å². The van der Waals surface area contributed by atoms with Crippen molar-refractivity contribution >= 4 is 28.1 Å². The van der Waals surface area contributed by atoms with Gasteiger partial charge in [-0.1, -0.05) is 48.0 Å². The number of hydrogen-bond acceptors (Lipinski definition) is 5. The zero-order chi connectivity index (χ0) is 23.6. The van der Waals surface area contributed by atoms with Crippen LogP contribution in [0.2, 0.25) is 0 Å². The molecule has 0 saturated carbocycles. The van der Waals surface area contributed by atoms with Crippen molar-refractivity contribution in [2.75, 3.05) is 11.3 Å². The molecule has 0 amide bonds. The number of aryl methyl sites for hydroxylation is 1. The third-order valence-electron chi connectivity index (χ3n) is 5.97. The summed E-state index contributed by atoms with van der Waals surface area (Å²) in [5.74, 6) is 0.788. The van der Waals surface area contributed by atoms with E-state index in [1.807, 2.05) is 57.2 Å². The van der Waals surface area contributed by atoms with Gasteiger partial charge in [0, 0.05) is 11.3 Å². The lowest BCUT2D eigenvalue weighted by Gasteiger charge is -2.42. The molecule has 0 fully saturated rings. The average Bonchev–Trinajstić information content (AvgIpc) is 2.77. The Morgan fingerprint density at radius 2 is 1.62 bits per heavy atom. The lowest BCUT2D eigenvalue weighted by molar-refractivity contribution is -0.0643. The monoisotopic (exact) mass is 502 g/mol. The zero-order valence-electron chi connectivity index (χ0n) is 19.5. The van der Waals surface area contributed by atoms with E-state index in [4.69, 9.17) is 4.74 Å². The SMILES string of the molecule is Cc1ccc(S(=O)(=O)Nc2ccc(CCNC3c4ccccc4OC(C)(C)C3O)cc2)cc1.Cl. The molecule has 8 heteroatoms. The van der Waals surface area contributed by atoms with Crippen LogP contribution in [0.4, 0.5) is 5.69 Å². The first-order valence-electron chi connectivity index (χ1n) is 11.0. The van der Waals surface area contributed by atoms with Gasteiger partial charge >= 0.3 is 0 Å². The minimum Gasteiger partial charge on any atom is -0.485 e. The molecule has 2 atom stereocenters. The summed E-state index contributed by atoms with van der Waals surface area (Å²) in [5, 5.41) is 14.3. The van der Waals surface area contributed by atoms with Gasteiger partial charge in [-0.25, -0.2) is 8.42 Å². The Labute approximate surface area is 207 Å². The number of rotatable bonds is 7. The molecule has 0 saturated heterocycles. The molecule has 1 aliphatic rings. The molecule has 0 aromatic heterocycles. The van der Waals surface area contributed by atoms with E-state index >= 15 is 0 Å². The number of nitrogens with one attached hydrogen (secondary N) is 2. The molecule has 6 nitrogen and oxygen atoms in total. The van der Waals surface area contributed by atoms with E-state index in [1.54, 1.807) is 36.4 Å². The molecule has 3 aromatic rings. The molecule has 2 unspecified atom stereocenters. The second kappa shape index (κ2) is 10.4. The molecular weight excluding hydrogens is 472 g/mol. The van der Waals surface area contributed by atoms with Gasteiger partial charge in [0.15, 0.2) is 0 Å². The van der Waals surface area contributed by atoms with Gasteiger partial charge in [-0.3, -0.25) is 4.72 Å². The van der Waals surface area contributed by atoms with E-state index in [9.17, 15) is 13.5 Å². The average molecular weight is 503 g/mol. The number of ether oxygens (including phenoxy) is 1. The minimum atomic E-state index is -3.62. The van der Waals surface area contributed by atoms with Crippen molar-refractivity contribution in [1.82, 2.24) is 5.32 Å². The number of fused-ring (bicyclic) bond motifs is 1. The van der Waals surface area contributed by atoms with E-state index < -0.39 is 21.7 Å². The third kappa shape index (κ3) is 5.73. The standard InChI is InChI=1S/C26H30N2O4S.ClH/c1-18-8-14-21(15-9-18)33(30,31)28-20-12-10-19(11-13-20)16-17-27-24-22-6-4-5-7-23(22)32-26(2,3)25(24)29;/h4-15,24-25,27-29H,16-17H2,1-3H3;1H. The molecule has 182 valence electrons. The van der Waals surface area contributed by atoms with Crippen LogP contribution < -0.4 is 14.8 Å². The highest BCUT2D eigenvalue weighted by atomic mass is 35.5. The summed E-state index contributed by atoms with van der Waals surface area (Å²) >= 11 is 0. The fourth-order valence-electron chi connectivity index (χ4n) is 4.01. The smallest absolute Gasteiger partial charge is 0.261 e. The highest BCUT2D eigenvalue weighted by Crippen LogP contribution is 2.39. The normalized spacial score (nSPS) is 18.8. The molecular formula is C26H31ClN2O4S. The van der Waals surface area contributed by atoms with Gasteiger partial charge in [0.05, 0.1) is 10.9 Å². The Kier molecular flexibility index (Phi) is 7.93. The number of halogens is 1. The highest BCUT2D eigenvalue weighted by molar-refractivity contribution is 7.92. The Bertz CT molecular complexity index is 1210. The first kappa shape index (κ1) is 26.0. The van der Waals surface area contributed by atoms with E-state index in [2.05, 4.69) is 10.0 Å². The predicted molar refractivity (Wildman–Crippen MR) is 137 cm³/mol. The van der Waals surface area contributed by atoms with Crippen LogP contribution >= 0.6 is 12.4 Å². The number of para-hydroxylation sites is 1. The summed E-state index contributed by atoms with van der Waals surface area (Å²) in [5.41, 5.74) is 2.84. The van der Waals surface area contributed by atoms with Crippen LogP contribution in [0.25, 0.3) is 0 Å². The second-order valence-corrected chi connectivity index (χ2v) is 10.7. The van der Waals surface area contributed by atoms with Gasteiger partial charge in [-0.2, -0.15) is 0 Å². The number of hydrogen-bond donors (Lipinski definition) is 3. The Morgan fingerprint density at radius 3 is 2.29 bits per heavy atom. The van der Waals surface area contributed by atoms with Gasteiger partial charge in [0.1, 0.15) is 17.5 Å². The maximum atomic E-state index is 12.6. The van der Waals surface area contributed by atoms with E-state index in [0.29, 0.717) is 12.2 Å². The van der Waals surface area contributed by atoms with Crippen LogP contribution in [0.3, 0.4) is 0 Å². The fraction of sp³-hybridized carbons (Fsp3) is 0.308. The molecule has 0 aliphatic carbocycles. The van der Waals surface area contributed by atoms with Gasteiger partial charge in [0.2, 0.25) is 0 Å². The number of sulfonamides is 1. The van der Waals surface area contributed by atoms with Gasteiger partial charge in [-0.05, 0) is 69.6 Å². The lowest BCUT2D eigenvalue weighted by atomic mass is 9.86. The topological polar surface area (TPSA) is 87.7 Å². The van der Waals surface area contributed by atoms with Crippen molar-refractivity contribution in [2.24, 2.45) is 0 Å². The maximum Gasteiger partial charge on any atom is 0.261 e. The molecule has 3 aromatic carbocycles. The van der Waals surface area contributed by atoms with Crippen LogP contribution in [0, 0.1) is 6.92 Å². The summed E-state index contributed by atoms with van der Waals surface area (Å²) in [6.07, 6.45) is 0.0449. The number of aliphatic hydroxyl groups excluding tert-OH is 1. The Morgan fingerprint density at radius 1 is 0.971 bits per heavy atom. The van der Waals surface area contributed by atoms with Crippen molar-refractivity contribution in [2.45, 2.75) is 49.8 Å². The van der Waals surface area contributed by atoms with E-state index in [0.717, 1.165) is 28.9 Å². The van der Waals surface area contributed by atoms with Crippen LogP contribution in [-0.4, -0.2) is 31.8 Å². The molecule has 1 heterocycles. The molecule has 0 spiro atoms. The fourth-order valence-corrected chi connectivity index (χ4v) is 5.07. The largest absolute Gasteiger partial charge is 0.485 e. The summed E-state index contributed by atoms with van der Waals surface area (Å²) in [6.45, 7) is 6.34. The number of anilines is 1. The van der Waals surface area contributed by atoms with E-state index in [-0.39, 0.29) is 23.3 Å². The van der Waals surface area contributed by atoms with Crippen LogP contribution in [0.15, 0.2) is 77.7 Å². The van der Waals surface area contributed by atoms with Crippen molar-refractivity contribution in [3.05, 3.63) is 89.5 Å². The van der Waals surface area contributed by atoms with Crippen molar-refractivity contribution in [3.63, 3.8) is 0 Å². The van der Waals surface area contributed by atoms with Crippen LogP contribution in [0.5, 0.6) is 5.75 Å². The van der Waals surface area contributed by atoms with Crippen molar-refractivity contribution in [3.8, 4) is 5.75 Å². The summed E-state index contributed by atoms with van der Waals surface area (Å²) in [6, 6.07) is 21.6. The number of benzene rings is 3. The lowest BCUT2D eigenvalue weighted by Crippen LogP contribution is -2.52. The summed E-state index contributed by atoms with van der Waals surface area (Å²) < 4.78 is 33.7. The van der Waals surface area contributed by atoms with Crippen LogP contribution in [-0.2, 0) is 16.4 Å². The number of aliphatic hydroxyl groups is 1. The highest BCUT2D eigenvalue weighted by Gasteiger charge is 2.42. The summed E-state index contributed by atoms with van der Waals surface area (Å²) in [4.78, 5) is 0.236. The molecule has 3 N–H and O–H groups in total. The first-order valence-corrected chi connectivity index (χ1v) is 12.5. The summed E-state index contributed by atoms with van der Waals surface area (Å²) in [7, 11) is -3.62. The predicted octanol–water partition coefficient (Wildman–Crippen LogP) is 4.62. The second-order valence-electron chi connectivity index (χ2n) is 8.99. The van der Waals surface area contributed by atoms with Gasteiger partial charge in [-0.15, -0.1) is 12.4 Å². The van der Waals surface area contributed by atoms with Crippen molar-refractivity contribution in [1.29, 1.82) is 0 Å². The van der Waals surface area contributed by atoms with Crippen molar-refractivity contribution < 1.29 is 18.3 Å². The molecule has 1 aliphatic heterocycles. The van der Waals surface area contributed by atoms with Crippen LogP contribution in [0.1, 0.15) is 36.6 Å².